The molecule has 0 saturated carbocycles. The predicted molar refractivity (Wildman–Crippen MR) is 144 cm³/mol. The van der Waals surface area contributed by atoms with Gasteiger partial charge in [0.2, 0.25) is 5.71 Å². The Morgan fingerprint density at radius 1 is 0.611 bits per heavy atom. The van der Waals surface area contributed by atoms with Crippen molar-refractivity contribution in [2.24, 2.45) is 0 Å². The monoisotopic (exact) mass is 484 g/mol. The first-order chi connectivity index (χ1) is 17.7. The minimum atomic E-state index is 0.513. The topological polar surface area (TPSA) is 64.7 Å². The summed E-state index contributed by atoms with van der Waals surface area (Å²) in [5.74, 6) is 1.73. The Balaban J connectivity index is 1.52. The average molecular weight is 485 g/mol. The summed E-state index contributed by atoms with van der Waals surface area (Å²) in [6.45, 7) is 0. The summed E-state index contributed by atoms with van der Waals surface area (Å²) in [4.78, 5) is 19.1. The van der Waals surface area contributed by atoms with Crippen LogP contribution in [0.2, 0.25) is 5.02 Å². The molecule has 0 atom stereocenters. The zero-order valence-electron chi connectivity index (χ0n) is 18.9. The van der Waals surface area contributed by atoms with Gasteiger partial charge >= 0.3 is 0 Å². The number of hydrogen-bond donors (Lipinski definition) is 0. The van der Waals surface area contributed by atoms with E-state index in [0.29, 0.717) is 33.8 Å². The van der Waals surface area contributed by atoms with Crippen molar-refractivity contribution >= 4 is 44.4 Å². The van der Waals surface area contributed by atoms with Crippen molar-refractivity contribution in [3.05, 3.63) is 108 Å². The van der Waals surface area contributed by atoms with Crippen LogP contribution < -0.4 is 0 Å². The SMILES string of the molecule is Clc1ccc(-c2nc(-c3ccccc3)nc(-c3ccc4ccccc4c3)n2)c2c1oc1ncccc12. The van der Waals surface area contributed by atoms with Crippen molar-refractivity contribution in [1.29, 1.82) is 0 Å². The van der Waals surface area contributed by atoms with Gasteiger partial charge in [-0.15, -0.1) is 0 Å². The standard InChI is InChI=1S/C30H17ClN4O/c31-24-15-14-22(25-23-11-6-16-32-30(23)36-26(24)25)29-34-27(19-8-2-1-3-9-19)33-28(35-29)21-13-12-18-7-4-5-10-20(18)17-21/h1-17H. The summed E-state index contributed by atoms with van der Waals surface area (Å²) >= 11 is 6.52. The Morgan fingerprint density at radius 2 is 1.36 bits per heavy atom. The fourth-order valence-corrected chi connectivity index (χ4v) is 4.74. The first-order valence-corrected chi connectivity index (χ1v) is 11.9. The van der Waals surface area contributed by atoms with E-state index < -0.39 is 0 Å². The van der Waals surface area contributed by atoms with E-state index in [9.17, 15) is 0 Å². The number of benzene rings is 4. The molecule has 6 heteroatoms. The molecule has 0 radical (unpaired) electrons. The maximum atomic E-state index is 6.52. The second kappa shape index (κ2) is 8.26. The third kappa shape index (κ3) is 3.41. The van der Waals surface area contributed by atoms with Crippen molar-refractivity contribution in [2.45, 2.75) is 0 Å². The fourth-order valence-electron chi connectivity index (χ4n) is 4.54. The molecule has 0 aliphatic rings. The van der Waals surface area contributed by atoms with Crippen LogP contribution in [0.15, 0.2) is 108 Å². The molecule has 7 aromatic rings. The number of nitrogens with zero attached hydrogens (tertiary/aromatic N) is 4. The van der Waals surface area contributed by atoms with Gasteiger partial charge in [-0.25, -0.2) is 19.9 Å². The van der Waals surface area contributed by atoms with Crippen molar-refractivity contribution in [3.63, 3.8) is 0 Å². The van der Waals surface area contributed by atoms with Gasteiger partial charge in [0.15, 0.2) is 23.1 Å². The van der Waals surface area contributed by atoms with Gasteiger partial charge in [0.05, 0.1) is 5.02 Å². The van der Waals surface area contributed by atoms with Gasteiger partial charge in [0.25, 0.3) is 0 Å². The molecule has 0 amide bonds. The quantitative estimate of drug-likeness (QED) is 0.254. The van der Waals surface area contributed by atoms with Crippen molar-refractivity contribution in [2.75, 3.05) is 0 Å². The predicted octanol–water partition coefficient (Wildman–Crippen LogP) is 7.97. The summed E-state index contributed by atoms with van der Waals surface area (Å²) in [5, 5.41) is 4.49. The third-order valence-electron chi connectivity index (χ3n) is 6.26. The van der Waals surface area contributed by atoms with E-state index >= 15 is 0 Å². The van der Waals surface area contributed by atoms with E-state index in [0.717, 1.165) is 38.2 Å². The minimum Gasteiger partial charge on any atom is -0.436 e. The first kappa shape index (κ1) is 20.7. The van der Waals surface area contributed by atoms with E-state index in [4.69, 9.17) is 31.0 Å². The van der Waals surface area contributed by atoms with Crippen molar-refractivity contribution in [3.8, 4) is 34.2 Å². The van der Waals surface area contributed by atoms with Crippen LogP contribution in [0.25, 0.3) is 67.0 Å². The first-order valence-electron chi connectivity index (χ1n) is 11.5. The molecule has 0 aliphatic carbocycles. The highest BCUT2D eigenvalue weighted by Crippen LogP contribution is 2.39. The van der Waals surface area contributed by atoms with E-state index in [2.05, 4.69) is 29.2 Å². The zero-order valence-corrected chi connectivity index (χ0v) is 19.6. The number of aromatic nitrogens is 4. The van der Waals surface area contributed by atoms with Crippen LogP contribution in [-0.2, 0) is 0 Å². The number of halogens is 1. The van der Waals surface area contributed by atoms with E-state index in [1.54, 1.807) is 6.20 Å². The molecule has 0 saturated heterocycles. The summed E-state index contributed by atoms with van der Waals surface area (Å²) in [5.41, 5.74) is 3.72. The zero-order chi connectivity index (χ0) is 24.1. The van der Waals surface area contributed by atoms with Crippen molar-refractivity contribution in [1.82, 2.24) is 19.9 Å². The summed E-state index contributed by atoms with van der Waals surface area (Å²) < 4.78 is 6.01. The number of pyridine rings is 1. The van der Waals surface area contributed by atoms with E-state index in [1.807, 2.05) is 72.8 Å². The molecule has 0 unspecified atom stereocenters. The molecule has 0 N–H and O–H groups in total. The Kier molecular flexibility index (Phi) is 4.76. The third-order valence-corrected chi connectivity index (χ3v) is 6.56. The van der Waals surface area contributed by atoms with Crippen LogP contribution in [0, 0.1) is 0 Å². The Hall–Kier alpha value is -4.61. The molecule has 36 heavy (non-hydrogen) atoms. The smallest absolute Gasteiger partial charge is 0.227 e. The van der Waals surface area contributed by atoms with E-state index in [-0.39, 0.29) is 0 Å². The van der Waals surface area contributed by atoms with Crippen LogP contribution in [0.1, 0.15) is 0 Å². The van der Waals surface area contributed by atoms with Gasteiger partial charge in [-0.05, 0) is 41.1 Å². The van der Waals surface area contributed by atoms with Crippen molar-refractivity contribution < 1.29 is 4.42 Å². The summed E-state index contributed by atoms with van der Waals surface area (Å²) in [7, 11) is 0. The molecule has 4 aromatic carbocycles. The maximum Gasteiger partial charge on any atom is 0.227 e. The number of rotatable bonds is 3. The second-order valence-electron chi connectivity index (χ2n) is 8.49. The lowest BCUT2D eigenvalue weighted by Crippen LogP contribution is -2.00. The fraction of sp³-hybridized carbons (Fsp3) is 0. The normalized spacial score (nSPS) is 11.5. The average Bonchev–Trinajstić information content (AvgIpc) is 3.34. The second-order valence-corrected chi connectivity index (χ2v) is 8.90. The molecule has 3 aromatic heterocycles. The molecule has 0 fully saturated rings. The Bertz CT molecular complexity index is 1910. The van der Waals surface area contributed by atoms with Crippen LogP contribution >= 0.6 is 11.6 Å². The van der Waals surface area contributed by atoms with Crippen LogP contribution in [0.3, 0.4) is 0 Å². The Labute approximate surface area is 211 Å². The number of hydrogen-bond acceptors (Lipinski definition) is 5. The largest absolute Gasteiger partial charge is 0.436 e. The number of furan rings is 1. The molecule has 5 nitrogen and oxygen atoms in total. The van der Waals surface area contributed by atoms with E-state index in [1.165, 1.54) is 0 Å². The van der Waals surface area contributed by atoms with Crippen LogP contribution in [-0.4, -0.2) is 19.9 Å². The molecule has 0 bridgehead atoms. The minimum absolute atomic E-state index is 0.513. The summed E-state index contributed by atoms with van der Waals surface area (Å²) in [6.07, 6.45) is 1.70. The van der Waals surface area contributed by atoms with Crippen LogP contribution in [0.5, 0.6) is 0 Å². The van der Waals surface area contributed by atoms with Gasteiger partial charge in [-0.3, -0.25) is 0 Å². The highest BCUT2D eigenvalue weighted by molar-refractivity contribution is 6.36. The van der Waals surface area contributed by atoms with Crippen LogP contribution in [0.4, 0.5) is 0 Å². The Morgan fingerprint density at radius 3 is 2.22 bits per heavy atom. The molecule has 7 rings (SSSR count). The number of fused-ring (bicyclic) bond motifs is 4. The highest BCUT2D eigenvalue weighted by Gasteiger charge is 2.19. The van der Waals surface area contributed by atoms with Gasteiger partial charge in [0, 0.05) is 33.7 Å². The molecule has 170 valence electrons. The van der Waals surface area contributed by atoms with Gasteiger partial charge < -0.3 is 4.42 Å². The van der Waals surface area contributed by atoms with Gasteiger partial charge in [-0.2, -0.15) is 0 Å². The maximum absolute atomic E-state index is 6.52. The highest BCUT2D eigenvalue weighted by atomic mass is 35.5. The van der Waals surface area contributed by atoms with Gasteiger partial charge in [-0.1, -0.05) is 78.3 Å². The molecular weight excluding hydrogens is 468 g/mol. The lowest BCUT2D eigenvalue weighted by Gasteiger charge is -2.10. The molecular formula is C30H17ClN4O. The lowest BCUT2D eigenvalue weighted by atomic mass is 10.1. The van der Waals surface area contributed by atoms with Gasteiger partial charge in [0.1, 0.15) is 0 Å². The lowest BCUT2D eigenvalue weighted by molar-refractivity contribution is 0.654. The molecule has 0 spiro atoms. The molecule has 0 aliphatic heterocycles. The summed E-state index contributed by atoms with van der Waals surface area (Å²) in [6, 6.07) is 32.0. The molecule has 3 heterocycles.